The maximum Gasteiger partial charge on any atom is 1.00 e. The molecule has 0 spiro atoms. The van der Waals surface area contributed by atoms with Gasteiger partial charge in [-0.15, -0.1) is 0 Å². The van der Waals surface area contributed by atoms with Gasteiger partial charge in [0.1, 0.15) is 6.04 Å². The number of rotatable bonds is 22. The van der Waals surface area contributed by atoms with Crippen LogP contribution in [0.4, 0.5) is 4.79 Å². The minimum Gasteiger partial charge on any atom is -0.862 e. The second kappa shape index (κ2) is 27.6. The Morgan fingerprint density at radius 2 is 1.45 bits per heavy atom. The number of urea groups is 1. The molecule has 14 nitrogen and oxygen atoms in total. The predicted molar refractivity (Wildman–Crippen MR) is 147 cm³/mol. The number of aliphatic carboxylic acids is 3. The quantitative estimate of drug-likeness (QED) is 0.0270. The maximum absolute atomic E-state index is 12.0. The molecule has 2 heterocycles. The van der Waals surface area contributed by atoms with Crippen LogP contribution in [0.3, 0.4) is 0 Å². The molecule has 2 saturated heterocycles. The molecule has 0 bridgehead atoms. The third-order valence-corrected chi connectivity index (χ3v) is 8.48. The van der Waals surface area contributed by atoms with Gasteiger partial charge in [-0.05, 0) is 69.6 Å². The van der Waals surface area contributed by atoms with E-state index in [0.717, 1.165) is 36.3 Å². The molecular formula is C26H40K3N5O9S. The van der Waals surface area contributed by atoms with Gasteiger partial charge in [0.05, 0.1) is 24.6 Å². The van der Waals surface area contributed by atoms with Crippen LogP contribution in [0.5, 0.6) is 0 Å². The van der Waals surface area contributed by atoms with Gasteiger partial charge in [0.25, 0.3) is 0 Å². The number of amides is 2. The molecule has 2 amide bonds. The molecule has 0 aromatic carbocycles. The van der Waals surface area contributed by atoms with Crippen molar-refractivity contribution in [1.82, 2.24) is 15.5 Å². The Morgan fingerprint density at radius 3 is 2.02 bits per heavy atom. The van der Waals surface area contributed by atoms with Gasteiger partial charge in [-0.3, -0.25) is 14.5 Å². The number of hydrogen-bond donors (Lipinski definition) is 4. The molecule has 0 radical (unpaired) electrons. The van der Waals surface area contributed by atoms with Crippen molar-refractivity contribution in [3.8, 4) is 0 Å². The molecular weight excluding hydrogens is 676 g/mol. The normalized spacial score (nSPS) is 19.9. The molecule has 1 unspecified atom stereocenters. The molecule has 4 N–H and O–H groups in total. The number of nitrogens with one attached hydrogen (secondary N) is 2. The van der Waals surface area contributed by atoms with E-state index in [0.29, 0.717) is 43.9 Å². The summed E-state index contributed by atoms with van der Waals surface area (Å²) in [6, 6.07) is -1.01. The fourth-order valence-corrected chi connectivity index (χ4v) is 6.47. The molecule has 4 atom stereocenters. The van der Waals surface area contributed by atoms with Crippen LogP contribution in [-0.4, -0.2) is 106 Å². The third-order valence-electron chi connectivity index (χ3n) is 6.97. The van der Waals surface area contributed by atoms with Crippen molar-refractivity contribution >= 4 is 47.5 Å². The Labute approximate surface area is 390 Å². The fourth-order valence-electron chi connectivity index (χ4n) is 4.92. The number of carboxylic acids is 3. The number of carbonyl (C=O) groups is 4. The van der Waals surface area contributed by atoms with Gasteiger partial charge in [0.15, 0.2) is 0 Å². The van der Waals surface area contributed by atoms with E-state index in [1.165, 1.54) is 0 Å². The number of carboxylic acid groups (broad SMARTS) is 3. The molecule has 44 heavy (non-hydrogen) atoms. The summed E-state index contributed by atoms with van der Waals surface area (Å²) in [6.07, 6.45) is 6.10. The van der Waals surface area contributed by atoms with E-state index in [9.17, 15) is 39.6 Å². The average Bonchev–Trinajstić information content (AvgIpc) is 3.44. The summed E-state index contributed by atoms with van der Waals surface area (Å²) in [5.41, 5.74) is 0. The van der Waals surface area contributed by atoms with E-state index < -0.39 is 37.0 Å². The first-order chi connectivity index (χ1) is 19.6. The predicted octanol–water partition coefficient (Wildman–Crippen LogP) is -10.4. The van der Waals surface area contributed by atoms with Gasteiger partial charge in [-0.2, -0.15) is 11.8 Å². The van der Waals surface area contributed by atoms with Gasteiger partial charge in [0, 0.05) is 30.6 Å². The van der Waals surface area contributed by atoms with Crippen molar-refractivity contribution in [2.24, 2.45) is 9.98 Å². The number of hydrogen-bond acceptors (Lipinski definition) is 11. The molecule has 2 aliphatic heterocycles. The SMILES string of the molecule is O=C([O-])CN(CC(=O)O)C(CCCCN=C([O-])CCCCCN=C([O-])CCCC[C@@H]1SC[C@@H]2NC(=O)N[C@@H]21)C(=O)O.[K+].[K+].[K+]. The van der Waals surface area contributed by atoms with Crippen LogP contribution in [0.1, 0.15) is 70.6 Å². The first-order valence-corrected chi connectivity index (χ1v) is 15.1. The Hall–Kier alpha value is 1.84. The average molecular weight is 716 g/mol. The Morgan fingerprint density at radius 1 is 0.864 bits per heavy atom. The fraction of sp³-hybridized carbons (Fsp3) is 0.769. The van der Waals surface area contributed by atoms with E-state index in [-0.39, 0.29) is 203 Å². The zero-order valence-corrected chi connectivity index (χ0v) is 36.3. The summed E-state index contributed by atoms with van der Waals surface area (Å²) in [7, 11) is 0. The zero-order chi connectivity index (χ0) is 30.2. The standard InChI is InChI=1S/C26H43N5O9S.3K/c32-20(28-13-7-5-8-18(25(38)39)31(14-22(34)35)15-23(36)37)10-2-1-6-12-27-21(33)11-4-3-9-19-24-17(16-41-19)29-26(40)30-24;;;/h17-19,24H,1-16H2,(H,27,33)(H,28,32)(H,34,35)(H,36,37)(H,38,39)(H2,29,30,40);;;/q;3*+1/p-3/t17-,18?,19-,24-;;;/m0.../s1. The summed E-state index contributed by atoms with van der Waals surface area (Å²) in [6.45, 7) is -0.932. The van der Waals surface area contributed by atoms with Crippen LogP contribution in [0.15, 0.2) is 9.98 Å². The van der Waals surface area contributed by atoms with Crippen LogP contribution in [0.2, 0.25) is 0 Å². The van der Waals surface area contributed by atoms with Crippen molar-refractivity contribution in [1.29, 1.82) is 0 Å². The van der Waals surface area contributed by atoms with E-state index >= 15 is 0 Å². The number of unbranched alkanes of at least 4 members (excludes halogenated alkanes) is 4. The Balaban J connectivity index is 0. The molecule has 0 aliphatic carbocycles. The van der Waals surface area contributed by atoms with Crippen molar-refractivity contribution in [2.45, 2.75) is 94.0 Å². The molecule has 0 aromatic rings. The van der Waals surface area contributed by atoms with Crippen molar-refractivity contribution in [2.75, 3.05) is 31.9 Å². The van der Waals surface area contributed by atoms with Gasteiger partial charge >= 0.3 is 172 Å². The monoisotopic (exact) mass is 715 g/mol. The molecule has 0 saturated carbocycles. The second-order valence-corrected chi connectivity index (χ2v) is 11.5. The summed E-state index contributed by atoms with van der Waals surface area (Å²) in [5.74, 6) is -3.70. The molecule has 2 rings (SSSR count). The topological polar surface area (TPSA) is 230 Å². The summed E-state index contributed by atoms with van der Waals surface area (Å²) >= 11 is 1.86. The van der Waals surface area contributed by atoms with Crippen molar-refractivity contribution in [3.05, 3.63) is 0 Å². The number of thioether (sulfide) groups is 1. The zero-order valence-electron chi connectivity index (χ0n) is 26.1. The Bertz CT molecular complexity index is 948. The van der Waals surface area contributed by atoms with E-state index in [1.54, 1.807) is 0 Å². The second-order valence-electron chi connectivity index (χ2n) is 10.2. The first-order valence-electron chi connectivity index (χ1n) is 14.0. The van der Waals surface area contributed by atoms with Crippen molar-refractivity contribution in [3.63, 3.8) is 0 Å². The minimum atomic E-state index is -1.57. The largest absolute Gasteiger partial charge is 1.00 e. The molecule has 232 valence electrons. The van der Waals surface area contributed by atoms with Crippen LogP contribution in [-0.2, 0) is 14.4 Å². The third kappa shape index (κ3) is 20.4. The maximum atomic E-state index is 12.0. The number of fused-ring (bicyclic) bond motifs is 1. The summed E-state index contributed by atoms with van der Waals surface area (Å²) in [5, 5.41) is 59.3. The van der Waals surface area contributed by atoms with E-state index in [2.05, 4.69) is 20.6 Å². The van der Waals surface area contributed by atoms with Crippen LogP contribution in [0.25, 0.3) is 0 Å². The van der Waals surface area contributed by atoms with Gasteiger partial charge < -0.3 is 50.9 Å². The first kappa shape index (κ1) is 48.0. The minimum absolute atomic E-state index is 0. The van der Waals surface area contributed by atoms with Crippen LogP contribution >= 0.6 is 11.8 Å². The smallest absolute Gasteiger partial charge is 0.862 e. The number of carbonyl (C=O) groups excluding carboxylic acids is 2. The van der Waals surface area contributed by atoms with E-state index in [1.807, 2.05) is 11.8 Å². The molecule has 2 fully saturated rings. The van der Waals surface area contributed by atoms with Crippen LogP contribution in [0, 0.1) is 0 Å². The van der Waals surface area contributed by atoms with Gasteiger partial charge in [-0.1, -0.05) is 12.8 Å². The molecule has 18 heteroatoms. The number of nitrogens with zero attached hydrogens (tertiary/aromatic N) is 3. The van der Waals surface area contributed by atoms with Gasteiger partial charge in [0.2, 0.25) is 0 Å². The van der Waals surface area contributed by atoms with Gasteiger partial charge in [-0.25, -0.2) is 4.79 Å². The van der Waals surface area contributed by atoms with Crippen molar-refractivity contribution < 1.29 is 199 Å². The van der Waals surface area contributed by atoms with Crippen LogP contribution < -0.4 is 180 Å². The number of aliphatic imine (C=N–C) groups is 2. The molecule has 0 aromatic heterocycles. The Kier molecular flexibility index (Phi) is 30.1. The summed E-state index contributed by atoms with van der Waals surface area (Å²) < 4.78 is 0. The summed E-state index contributed by atoms with van der Waals surface area (Å²) in [4.78, 5) is 53.5. The molecule has 2 aliphatic rings. The van der Waals surface area contributed by atoms with E-state index in [4.69, 9.17) is 5.11 Å².